The maximum atomic E-state index is 13.2. The number of hydrogen-bond acceptors (Lipinski definition) is 4. The predicted molar refractivity (Wildman–Crippen MR) is 126 cm³/mol. The van der Waals surface area contributed by atoms with Crippen LogP contribution in [0.25, 0.3) is 10.8 Å². The molecule has 3 aromatic rings. The van der Waals surface area contributed by atoms with Crippen molar-refractivity contribution in [1.82, 2.24) is 10.2 Å². The zero-order valence-corrected chi connectivity index (χ0v) is 18.7. The van der Waals surface area contributed by atoms with Crippen molar-refractivity contribution < 1.29 is 14.4 Å². The van der Waals surface area contributed by atoms with Gasteiger partial charge in [0.25, 0.3) is 5.91 Å². The van der Waals surface area contributed by atoms with Gasteiger partial charge >= 0.3 is 6.03 Å². The van der Waals surface area contributed by atoms with E-state index in [1.807, 2.05) is 61.5 Å². The average Bonchev–Trinajstić information content (AvgIpc) is 2.97. The van der Waals surface area contributed by atoms with Crippen LogP contribution >= 0.6 is 11.6 Å². The second-order valence-corrected chi connectivity index (χ2v) is 8.55. The van der Waals surface area contributed by atoms with Gasteiger partial charge in [-0.05, 0) is 47.5 Å². The first-order chi connectivity index (χ1) is 15.2. The van der Waals surface area contributed by atoms with Crippen LogP contribution in [0.3, 0.4) is 0 Å². The van der Waals surface area contributed by atoms with Gasteiger partial charge in [-0.15, -0.1) is 0 Å². The Bertz CT molecular complexity index is 1240. The van der Waals surface area contributed by atoms with Crippen molar-refractivity contribution >= 4 is 51.6 Å². The smallest absolute Gasteiger partial charge is 0.325 e. The van der Waals surface area contributed by atoms with E-state index in [1.54, 1.807) is 25.1 Å². The molecule has 0 spiro atoms. The minimum atomic E-state index is -1.26. The molecule has 1 aliphatic heterocycles. The van der Waals surface area contributed by atoms with Crippen molar-refractivity contribution in [3.63, 3.8) is 0 Å². The molecule has 164 valence electrons. The Labute approximate surface area is 190 Å². The molecule has 0 aliphatic carbocycles. The van der Waals surface area contributed by atoms with Crippen LogP contribution in [-0.2, 0) is 15.1 Å². The van der Waals surface area contributed by atoms with Gasteiger partial charge in [-0.25, -0.2) is 4.79 Å². The third kappa shape index (κ3) is 3.87. The molecule has 1 saturated heterocycles. The number of nitrogens with zero attached hydrogens (tertiary/aromatic N) is 2. The first-order valence-electron chi connectivity index (χ1n) is 10.1. The summed E-state index contributed by atoms with van der Waals surface area (Å²) < 4.78 is 0. The van der Waals surface area contributed by atoms with E-state index in [0.717, 1.165) is 21.4 Å². The van der Waals surface area contributed by atoms with E-state index in [9.17, 15) is 14.4 Å². The fraction of sp³-hybridized carbons (Fsp3) is 0.208. The van der Waals surface area contributed by atoms with Crippen LogP contribution in [0.4, 0.5) is 16.2 Å². The third-order valence-corrected chi connectivity index (χ3v) is 5.85. The quantitative estimate of drug-likeness (QED) is 0.576. The normalized spacial score (nSPS) is 18.1. The van der Waals surface area contributed by atoms with Gasteiger partial charge in [0, 0.05) is 19.1 Å². The molecule has 8 heteroatoms. The summed E-state index contributed by atoms with van der Waals surface area (Å²) in [6, 6.07) is 17.9. The Morgan fingerprint density at radius 1 is 1.06 bits per heavy atom. The van der Waals surface area contributed by atoms with E-state index < -0.39 is 29.9 Å². The number of hydrogen-bond donors (Lipinski definition) is 2. The van der Waals surface area contributed by atoms with Gasteiger partial charge in [0.2, 0.25) is 5.91 Å². The van der Waals surface area contributed by atoms with Crippen molar-refractivity contribution in [2.24, 2.45) is 0 Å². The maximum Gasteiger partial charge on any atom is 0.325 e. The van der Waals surface area contributed by atoms with Crippen LogP contribution in [0.15, 0.2) is 60.7 Å². The number of carbonyl (C=O) groups is 3. The zero-order chi connectivity index (χ0) is 23.0. The minimum Gasteiger partial charge on any atom is -0.376 e. The summed E-state index contributed by atoms with van der Waals surface area (Å²) in [5.74, 6) is -0.978. The summed E-state index contributed by atoms with van der Waals surface area (Å²) in [6.45, 7) is 1.24. The highest BCUT2D eigenvalue weighted by Gasteiger charge is 2.49. The molecular formula is C24H23ClN4O3. The Morgan fingerprint density at radius 3 is 2.50 bits per heavy atom. The molecule has 1 atom stereocenters. The van der Waals surface area contributed by atoms with Crippen LogP contribution in [0.1, 0.15) is 12.5 Å². The Morgan fingerprint density at radius 2 is 1.78 bits per heavy atom. The Hall–Kier alpha value is -3.58. The maximum absolute atomic E-state index is 13.2. The van der Waals surface area contributed by atoms with E-state index in [1.165, 1.54) is 0 Å². The number of anilines is 2. The second-order valence-electron chi connectivity index (χ2n) is 8.11. The van der Waals surface area contributed by atoms with Gasteiger partial charge in [0.15, 0.2) is 0 Å². The number of halogens is 1. The van der Waals surface area contributed by atoms with Crippen LogP contribution in [0, 0.1) is 0 Å². The van der Waals surface area contributed by atoms with Crippen molar-refractivity contribution in [3.05, 3.63) is 71.2 Å². The highest BCUT2D eigenvalue weighted by atomic mass is 35.5. The van der Waals surface area contributed by atoms with Crippen molar-refractivity contribution in [3.8, 4) is 0 Å². The molecule has 4 amide bonds. The topological polar surface area (TPSA) is 81.8 Å². The van der Waals surface area contributed by atoms with Crippen molar-refractivity contribution in [2.75, 3.05) is 30.9 Å². The van der Waals surface area contributed by atoms with Gasteiger partial charge in [-0.1, -0.05) is 48.0 Å². The van der Waals surface area contributed by atoms with E-state index in [4.69, 9.17) is 11.6 Å². The first-order valence-corrected chi connectivity index (χ1v) is 10.5. The number of urea groups is 1. The lowest BCUT2D eigenvalue weighted by Crippen LogP contribution is -2.42. The van der Waals surface area contributed by atoms with Gasteiger partial charge in [-0.3, -0.25) is 14.5 Å². The number of carbonyl (C=O) groups excluding carboxylic acids is 3. The molecule has 1 heterocycles. The lowest BCUT2D eigenvalue weighted by atomic mass is 9.90. The van der Waals surface area contributed by atoms with Gasteiger partial charge in [0.05, 0.1) is 11.4 Å². The Kier molecular flexibility index (Phi) is 5.52. The van der Waals surface area contributed by atoms with Crippen LogP contribution in [0.2, 0.25) is 5.02 Å². The standard InChI is InChI=1S/C24H23ClN4O3/c1-24(17-9-8-15-6-4-5-7-16(15)12-17)22(31)29(23(32)27-24)14-21(30)26-19-13-18(25)10-11-20(19)28(2)3/h4-13H,14H2,1-3H3,(H,26,30)(H,27,32). The zero-order valence-electron chi connectivity index (χ0n) is 18.0. The van der Waals surface area contributed by atoms with E-state index in [-0.39, 0.29) is 0 Å². The van der Waals surface area contributed by atoms with Crippen molar-refractivity contribution in [1.29, 1.82) is 0 Å². The predicted octanol–water partition coefficient (Wildman–Crippen LogP) is 3.96. The highest BCUT2D eigenvalue weighted by molar-refractivity contribution is 6.31. The van der Waals surface area contributed by atoms with E-state index >= 15 is 0 Å². The number of fused-ring (bicyclic) bond motifs is 1. The highest BCUT2D eigenvalue weighted by Crippen LogP contribution is 2.31. The molecule has 1 aliphatic rings. The number of rotatable bonds is 5. The monoisotopic (exact) mass is 450 g/mol. The Balaban J connectivity index is 1.55. The number of benzene rings is 3. The molecule has 7 nitrogen and oxygen atoms in total. The fourth-order valence-electron chi connectivity index (χ4n) is 3.87. The molecule has 32 heavy (non-hydrogen) atoms. The molecule has 2 N–H and O–H groups in total. The molecular weight excluding hydrogens is 428 g/mol. The van der Waals surface area contributed by atoms with Gasteiger partial charge < -0.3 is 15.5 Å². The molecule has 1 unspecified atom stereocenters. The van der Waals surface area contributed by atoms with Crippen LogP contribution in [-0.4, -0.2) is 43.4 Å². The summed E-state index contributed by atoms with van der Waals surface area (Å²) in [7, 11) is 3.68. The molecule has 0 bridgehead atoms. The summed E-state index contributed by atoms with van der Waals surface area (Å²) in [5, 5.41) is 7.96. The largest absolute Gasteiger partial charge is 0.376 e. The molecule has 0 aromatic heterocycles. The van der Waals surface area contributed by atoms with E-state index in [2.05, 4.69) is 10.6 Å². The van der Waals surface area contributed by atoms with Crippen molar-refractivity contribution in [2.45, 2.75) is 12.5 Å². The SMILES string of the molecule is CN(C)c1ccc(Cl)cc1NC(=O)CN1C(=O)NC(C)(c2ccc3ccccc3c2)C1=O. The molecule has 0 saturated carbocycles. The molecule has 3 aromatic carbocycles. The van der Waals surface area contributed by atoms with Gasteiger partial charge in [0.1, 0.15) is 12.1 Å². The number of imide groups is 1. The summed E-state index contributed by atoms with van der Waals surface area (Å²) in [4.78, 5) is 41.3. The number of amides is 4. The molecule has 1 fully saturated rings. The molecule has 4 rings (SSSR count). The average molecular weight is 451 g/mol. The lowest BCUT2D eigenvalue weighted by Gasteiger charge is -2.23. The lowest BCUT2D eigenvalue weighted by molar-refractivity contribution is -0.133. The first kappa shape index (κ1) is 21.6. The molecule has 0 radical (unpaired) electrons. The summed E-state index contributed by atoms with van der Waals surface area (Å²) in [5.41, 5.74) is 0.645. The third-order valence-electron chi connectivity index (χ3n) is 5.62. The summed E-state index contributed by atoms with van der Waals surface area (Å²) in [6.07, 6.45) is 0. The number of nitrogens with one attached hydrogen (secondary N) is 2. The summed E-state index contributed by atoms with van der Waals surface area (Å²) >= 11 is 6.07. The fourth-order valence-corrected chi connectivity index (χ4v) is 4.04. The second kappa shape index (κ2) is 8.16. The minimum absolute atomic E-state index is 0.410. The van der Waals surface area contributed by atoms with Gasteiger partial charge in [-0.2, -0.15) is 0 Å². The van der Waals surface area contributed by atoms with Crippen LogP contribution < -0.4 is 15.5 Å². The van der Waals surface area contributed by atoms with E-state index in [0.29, 0.717) is 16.3 Å². The van der Waals surface area contributed by atoms with Crippen LogP contribution in [0.5, 0.6) is 0 Å².